The molecule has 0 spiro atoms. The third kappa shape index (κ3) is 3.50. The van der Waals surface area contributed by atoms with E-state index >= 15 is 0 Å². The highest BCUT2D eigenvalue weighted by atomic mass is 32.2. The van der Waals surface area contributed by atoms with Gasteiger partial charge in [0.2, 0.25) is 5.82 Å². The van der Waals surface area contributed by atoms with E-state index < -0.39 is 4.92 Å². The Morgan fingerprint density at radius 3 is 3.00 bits per heavy atom. The maximum atomic E-state index is 11.0. The predicted octanol–water partition coefficient (Wildman–Crippen LogP) is 2.66. The second kappa shape index (κ2) is 6.10. The second-order valence-corrected chi connectivity index (χ2v) is 5.86. The van der Waals surface area contributed by atoms with E-state index in [1.807, 2.05) is 11.8 Å². The van der Waals surface area contributed by atoms with Crippen LogP contribution in [0.15, 0.2) is 12.1 Å². The number of aromatic nitrogens is 1. The molecule has 0 saturated heterocycles. The molecular weight excluding hydrogens is 264 g/mol. The van der Waals surface area contributed by atoms with Gasteiger partial charge in [-0.05, 0) is 31.6 Å². The van der Waals surface area contributed by atoms with Crippen LogP contribution in [0.5, 0.6) is 0 Å². The first-order valence-corrected chi connectivity index (χ1v) is 7.59. The van der Waals surface area contributed by atoms with E-state index in [4.69, 9.17) is 5.73 Å². The van der Waals surface area contributed by atoms with Crippen LogP contribution >= 0.6 is 11.8 Å². The largest absolute Gasteiger partial charge is 0.384 e. The number of nitrogens with two attached hydrogens (primary N) is 1. The maximum absolute atomic E-state index is 11.0. The summed E-state index contributed by atoms with van der Waals surface area (Å²) < 4.78 is 0. The van der Waals surface area contributed by atoms with Gasteiger partial charge in [0.1, 0.15) is 5.82 Å². The normalized spacial score (nSPS) is 23.0. The topological polar surface area (TPSA) is 94.1 Å². The number of nitrogens with one attached hydrogen (secondary N) is 1. The SMILES string of the molecule is CSC1CCCC(Nc2nc(N)ccc2[N+](=O)[O-])C1. The number of nitrogens with zero attached hydrogens (tertiary/aromatic N) is 2. The zero-order valence-corrected chi connectivity index (χ0v) is 11.7. The quantitative estimate of drug-likeness (QED) is 0.651. The lowest BCUT2D eigenvalue weighted by molar-refractivity contribution is -0.384. The van der Waals surface area contributed by atoms with Gasteiger partial charge in [-0.2, -0.15) is 11.8 Å². The van der Waals surface area contributed by atoms with Crippen LogP contribution in [0, 0.1) is 10.1 Å². The highest BCUT2D eigenvalue weighted by Crippen LogP contribution is 2.31. The van der Waals surface area contributed by atoms with Gasteiger partial charge in [-0.25, -0.2) is 4.98 Å². The maximum Gasteiger partial charge on any atom is 0.311 e. The van der Waals surface area contributed by atoms with E-state index in [9.17, 15) is 10.1 Å². The van der Waals surface area contributed by atoms with Crippen molar-refractivity contribution >= 4 is 29.1 Å². The van der Waals surface area contributed by atoms with Crippen molar-refractivity contribution in [3.05, 3.63) is 22.2 Å². The fraction of sp³-hybridized carbons (Fsp3) is 0.583. The number of anilines is 2. The Bertz CT molecular complexity index is 469. The number of hydrogen-bond donors (Lipinski definition) is 2. The van der Waals surface area contributed by atoms with Crippen LogP contribution in [0.25, 0.3) is 0 Å². The van der Waals surface area contributed by atoms with Gasteiger partial charge in [0.05, 0.1) is 4.92 Å². The monoisotopic (exact) mass is 282 g/mol. The van der Waals surface area contributed by atoms with Crippen molar-refractivity contribution in [2.75, 3.05) is 17.3 Å². The molecule has 19 heavy (non-hydrogen) atoms. The Balaban J connectivity index is 2.13. The fourth-order valence-electron chi connectivity index (χ4n) is 2.40. The number of thioether (sulfide) groups is 1. The first-order chi connectivity index (χ1) is 9.10. The van der Waals surface area contributed by atoms with Crippen molar-refractivity contribution < 1.29 is 4.92 Å². The average Bonchev–Trinajstić information content (AvgIpc) is 2.38. The predicted molar refractivity (Wildman–Crippen MR) is 78.5 cm³/mol. The van der Waals surface area contributed by atoms with Gasteiger partial charge >= 0.3 is 5.69 Å². The Morgan fingerprint density at radius 2 is 2.32 bits per heavy atom. The van der Waals surface area contributed by atoms with Crippen LogP contribution in [-0.4, -0.2) is 27.5 Å². The summed E-state index contributed by atoms with van der Waals surface area (Å²) in [6.45, 7) is 0. The molecule has 2 atom stereocenters. The van der Waals surface area contributed by atoms with Gasteiger partial charge < -0.3 is 11.1 Å². The van der Waals surface area contributed by atoms with Gasteiger partial charge in [-0.3, -0.25) is 10.1 Å². The minimum Gasteiger partial charge on any atom is -0.384 e. The van der Waals surface area contributed by atoms with E-state index in [0.29, 0.717) is 11.1 Å². The Morgan fingerprint density at radius 1 is 1.53 bits per heavy atom. The number of rotatable bonds is 4. The lowest BCUT2D eigenvalue weighted by atomic mass is 9.95. The highest BCUT2D eigenvalue weighted by molar-refractivity contribution is 7.99. The number of nitro groups is 1. The standard InChI is InChI=1S/C12H18N4O2S/c1-19-9-4-2-3-8(7-9)14-12-10(16(17)18)5-6-11(13)15-12/h5-6,8-9H,2-4,7H2,1H3,(H3,13,14,15). The molecule has 6 nitrogen and oxygen atoms in total. The molecule has 1 aliphatic rings. The summed E-state index contributed by atoms with van der Waals surface area (Å²) in [6, 6.07) is 3.09. The van der Waals surface area contributed by atoms with Crippen LogP contribution in [0.1, 0.15) is 25.7 Å². The summed E-state index contributed by atoms with van der Waals surface area (Å²) in [5, 5.41) is 14.8. The molecule has 1 aliphatic carbocycles. The highest BCUT2D eigenvalue weighted by Gasteiger charge is 2.24. The molecule has 0 aliphatic heterocycles. The van der Waals surface area contributed by atoms with Crippen LogP contribution in [0.4, 0.5) is 17.3 Å². The number of nitrogen functional groups attached to an aromatic ring is 1. The van der Waals surface area contributed by atoms with E-state index in [1.165, 1.54) is 18.6 Å². The minimum atomic E-state index is -0.427. The summed E-state index contributed by atoms with van der Waals surface area (Å²) in [6.07, 6.45) is 6.48. The molecule has 0 aromatic carbocycles. The van der Waals surface area contributed by atoms with Crippen molar-refractivity contribution in [3.8, 4) is 0 Å². The zero-order valence-electron chi connectivity index (χ0n) is 10.8. The molecule has 3 N–H and O–H groups in total. The molecule has 1 aromatic heterocycles. The van der Waals surface area contributed by atoms with Gasteiger partial charge in [-0.15, -0.1) is 0 Å². The molecule has 7 heteroatoms. The number of hydrogen-bond acceptors (Lipinski definition) is 6. The lowest BCUT2D eigenvalue weighted by Gasteiger charge is -2.28. The smallest absolute Gasteiger partial charge is 0.311 e. The summed E-state index contributed by atoms with van der Waals surface area (Å²) in [5.41, 5.74) is 5.59. The second-order valence-electron chi connectivity index (χ2n) is 4.73. The molecule has 0 amide bonds. The molecule has 0 radical (unpaired) electrons. The minimum absolute atomic E-state index is 0.0134. The molecule has 1 saturated carbocycles. The van der Waals surface area contributed by atoms with Gasteiger partial charge in [0.15, 0.2) is 0 Å². The first kappa shape index (κ1) is 13.9. The van der Waals surface area contributed by atoms with Crippen molar-refractivity contribution in [2.24, 2.45) is 0 Å². The Kier molecular flexibility index (Phi) is 4.47. The summed E-state index contributed by atoms with van der Waals surface area (Å²) in [5.74, 6) is 0.585. The zero-order chi connectivity index (χ0) is 13.8. The van der Waals surface area contributed by atoms with E-state index in [-0.39, 0.29) is 17.5 Å². The van der Waals surface area contributed by atoms with Gasteiger partial charge in [-0.1, -0.05) is 6.42 Å². The fourth-order valence-corrected chi connectivity index (χ4v) is 3.23. The first-order valence-electron chi connectivity index (χ1n) is 6.30. The van der Waals surface area contributed by atoms with Crippen LogP contribution < -0.4 is 11.1 Å². The van der Waals surface area contributed by atoms with E-state index in [1.54, 1.807) is 0 Å². The van der Waals surface area contributed by atoms with Crippen molar-refractivity contribution in [1.29, 1.82) is 0 Å². The molecule has 104 valence electrons. The van der Waals surface area contributed by atoms with Crippen LogP contribution in [0.3, 0.4) is 0 Å². The van der Waals surface area contributed by atoms with E-state index in [2.05, 4.69) is 16.6 Å². The average molecular weight is 282 g/mol. The number of pyridine rings is 1. The molecule has 2 unspecified atom stereocenters. The summed E-state index contributed by atoms with van der Waals surface area (Å²) >= 11 is 1.85. The van der Waals surface area contributed by atoms with Gasteiger partial charge in [0, 0.05) is 17.4 Å². The lowest BCUT2D eigenvalue weighted by Crippen LogP contribution is -2.29. The van der Waals surface area contributed by atoms with Crippen molar-refractivity contribution in [3.63, 3.8) is 0 Å². The molecule has 0 bridgehead atoms. The molecule has 1 fully saturated rings. The third-order valence-electron chi connectivity index (χ3n) is 3.39. The van der Waals surface area contributed by atoms with Crippen molar-refractivity contribution in [1.82, 2.24) is 4.98 Å². The third-order valence-corrected chi connectivity index (χ3v) is 4.49. The summed E-state index contributed by atoms with van der Waals surface area (Å²) in [7, 11) is 0. The Hall–Kier alpha value is -1.50. The molecule has 1 aromatic rings. The van der Waals surface area contributed by atoms with E-state index in [0.717, 1.165) is 19.3 Å². The van der Waals surface area contributed by atoms with Crippen LogP contribution in [-0.2, 0) is 0 Å². The molecule has 2 rings (SSSR count). The summed E-state index contributed by atoms with van der Waals surface area (Å²) in [4.78, 5) is 14.6. The molecule has 1 heterocycles. The molecular formula is C12H18N4O2S. The Labute approximate surface area is 116 Å². The van der Waals surface area contributed by atoms with Crippen molar-refractivity contribution in [2.45, 2.75) is 37.0 Å². The van der Waals surface area contributed by atoms with Gasteiger partial charge in [0.25, 0.3) is 0 Å². The van der Waals surface area contributed by atoms with Crippen LogP contribution in [0.2, 0.25) is 0 Å².